The molecule has 0 saturated heterocycles. The maximum absolute atomic E-state index is 11.1. The number of ether oxygens (including phenoxy) is 1. The van der Waals surface area contributed by atoms with Gasteiger partial charge in [0.25, 0.3) is 5.95 Å². The lowest BCUT2D eigenvalue weighted by Crippen LogP contribution is -2.27. The highest BCUT2D eigenvalue weighted by Crippen LogP contribution is 1.96. The Balaban J connectivity index is 2.40. The quantitative estimate of drug-likeness (QED) is 0.586. The Bertz CT molecular complexity index is 285. The predicted octanol–water partition coefficient (Wildman–Crippen LogP) is -0.972. The molecule has 1 rings (SSSR count). The van der Waals surface area contributed by atoms with Gasteiger partial charge in [-0.15, -0.1) is 0 Å². The Morgan fingerprint density at radius 2 is 2.54 bits per heavy atom. The Labute approximate surface area is 74.2 Å². The molecule has 0 aliphatic heterocycles. The highest BCUT2D eigenvalue weighted by Gasteiger charge is 2.12. The Morgan fingerprint density at radius 3 is 3.08 bits per heavy atom. The van der Waals surface area contributed by atoms with Crippen molar-refractivity contribution in [1.82, 2.24) is 15.5 Å². The van der Waals surface area contributed by atoms with E-state index < -0.39 is 5.91 Å². The summed E-state index contributed by atoms with van der Waals surface area (Å²) in [4.78, 5) is 14.7. The van der Waals surface area contributed by atoms with Crippen LogP contribution in [-0.4, -0.2) is 36.3 Å². The molecule has 7 heteroatoms. The number of amides is 1. The molecule has 0 radical (unpaired) electrons. The van der Waals surface area contributed by atoms with E-state index in [1.165, 1.54) is 7.11 Å². The summed E-state index contributed by atoms with van der Waals surface area (Å²) < 4.78 is 9.25. The zero-order chi connectivity index (χ0) is 9.68. The fraction of sp³-hybridized carbons (Fsp3) is 0.500. The summed E-state index contributed by atoms with van der Waals surface area (Å²) in [6.07, 6.45) is 0. The van der Waals surface area contributed by atoms with Crippen molar-refractivity contribution in [2.75, 3.05) is 26.0 Å². The third-order valence-electron chi connectivity index (χ3n) is 1.23. The minimum Gasteiger partial charge on any atom is -0.383 e. The fourth-order valence-electron chi connectivity index (χ4n) is 0.669. The number of nitrogens with zero attached hydrogens (tertiary/aromatic N) is 2. The standard InChI is InChI=1S/C6H10N4O3/c1-12-3-2-8-4(11)5-9-6(7)10-13-5/h2-3H2,1H3,(H2,7,10)(H,8,11). The number of anilines is 1. The van der Waals surface area contributed by atoms with E-state index in [4.69, 9.17) is 10.5 Å². The van der Waals surface area contributed by atoms with E-state index in [1.54, 1.807) is 0 Å². The number of nitrogens with two attached hydrogens (primary N) is 1. The van der Waals surface area contributed by atoms with Gasteiger partial charge in [-0.2, -0.15) is 4.98 Å². The van der Waals surface area contributed by atoms with E-state index in [0.29, 0.717) is 13.2 Å². The van der Waals surface area contributed by atoms with Crippen molar-refractivity contribution in [2.24, 2.45) is 0 Å². The van der Waals surface area contributed by atoms with Gasteiger partial charge in [0.15, 0.2) is 0 Å². The molecule has 1 amide bonds. The topological polar surface area (TPSA) is 103 Å². The molecular weight excluding hydrogens is 176 g/mol. The molecule has 0 saturated carbocycles. The van der Waals surface area contributed by atoms with Gasteiger partial charge in [-0.3, -0.25) is 4.79 Å². The molecule has 3 N–H and O–H groups in total. The first kappa shape index (κ1) is 9.46. The van der Waals surface area contributed by atoms with Crippen LogP contribution in [0.2, 0.25) is 0 Å². The zero-order valence-electron chi connectivity index (χ0n) is 7.11. The van der Waals surface area contributed by atoms with Gasteiger partial charge >= 0.3 is 11.8 Å². The summed E-state index contributed by atoms with van der Waals surface area (Å²) in [6, 6.07) is 0. The van der Waals surface area contributed by atoms with Crippen LogP contribution in [0.4, 0.5) is 5.95 Å². The number of carbonyl (C=O) groups excluding carboxylic acids is 1. The molecule has 1 aromatic heterocycles. The minimum absolute atomic E-state index is 0.0584. The van der Waals surface area contributed by atoms with Crippen LogP contribution in [0, 0.1) is 0 Å². The molecule has 72 valence electrons. The molecule has 0 unspecified atom stereocenters. The fourth-order valence-corrected chi connectivity index (χ4v) is 0.669. The van der Waals surface area contributed by atoms with Gasteiger partial charge < -0.3 is 20.3 Å². The lowest BCUT2D eigenvalue weighted by Gasteiger charge is -1.98. The highest BCUT2D eigenvalue weighted by molar-refractivity contribution is 5.89. The van der Waals surface area contributed by atoms with Crippen molar-refractivity contribution >= 4 is 11.9 Å². The summed E-state index contributed by atoms with van der Waals surface area (Å²) in [5.41, 5.74) is 5.15. The summed E-state index contributed by atoms with van der Waals surface area (Å²) in [7, 11) is 1.54. The lowest BCUT2D eigenvalue weighted by molar-refractivity contribution is 0.0893. The van der Waals surface area contributed by atoms with E-state index in [2.05, 4.69) is 20.0 Å². The summed E-state index contributed by atoms with van der Waals surface area (Å²) in [5, 5.41) is 5.76. The molecule has 0 aromatic carbocycles. The third-order valence-corrected chi connectivity index (χ3v) is 1.23. The largest absolute Gasteiger partial charge is 0.383 e. The normalized spacial score (nSPS) is 9.92. The van der Waals surface area contributed by atoms with Crippen molar-refractivity contribution in [2.45, 2.75) is 0 Å². The number of rotatable bonds is 4. The maximum Gasteiger partial charge on any atom is 0.317 e. The number of nitrogens with one attached hydrogen (secondary N) is 1. The molecule has 1 aromatic rings. The molecule has 0 aliphatic rings. The van der Waals surface area contributed by atoms with Crippen LogP contribution in [0.25, 0.3) is 0 Å². The molecule has 0 aliphatic carbocycles. The summed E-state index contributed by atoms with van der Waals surface area (Å²) >= 11 is 0. The molecule has 0 bridgehead atoms. The van der Waals surface area contributed by atoms with E-state index >= 15 is 0 Å². The second-order valence-electron chi connectivity index (χ2n) is 2.21. The van der Waals surface area contributed by atoms with Crippen molar-refractivity contribution < 1.29 is 14.1 Å². The number of hydrogen-bond donors (Lipinski definition) is 2. The highest BCUT2D eigenvalue weighted by atomic mass is 16.5. The van der Waals surface area contributed by atoms with E-state index in [1.807, 2.05) is 0 Å². The van der Waals surface area contributed by atoms with Gasteiger partial charge in [-0.25, -0.2) is 0 Å². The molecule has 0 fully saturated rings. The summed E-state index contributed by atoms with van der Waals surface area (Å²) in [5.74, 6) is -0.660. The van der Waals surface area contributed by atoms with Crippen LogP contribution < -0.4 is 11.1 Å². The van der Waals surface area contributed by atoms with Crippen molar-refractivity contribution in [1.29, 1.82) is 0 Å². The second-order valence-corrected chi connectivity index (χ2v) is 2.21. The summed E-state index contributed by atoms with van der Waals surface area (Å²) in [6.45, 7) is 0.812. The van der Waals surface area contributed by atoms with Gasteiger partial charge in [0.2, 0.25) is 0 Å². The average molecular weight is 186 g/mol. The van der Waals surface area contributed by atoms with Crippen LogP contribution in [0.3, 0.4) is 0 Å². The number of carbonyl (C=O) groups is 1. The van der Waals surface area contributed by atoms with Crippen LogP contribution in [0.1, 0.15) is 10.7 Å². The zero-order valence-corrected chi connectivity index (χ0v) is 7.11. The van der Waals surface area contributed by atoms with Crippen molar-refractivity contribution in [3.05, 3.63) is 5.89 Å². The van der Waals surface area contributed by atoms with Crippen LogP contribution >= 0.6 is 0 Å². The molecular formula is C6H10N4O3. The maximum atomic E-state index is 11.1. The predicted molar refractivity (Wildman–Crippen MR) is 42.9 cm³/mol. The second kappa shape index (κ2) is 4.41. The number of hydrogen-bond acceptors (Lipinski definition) is 6. The molecule has 1 heterocycles. The first-order valence-electron chi connectivity index (χ1n) is 3.60. The molecule has 0 spiro atoms. The SMILES string of the molecule is COCCNC(=O)c1nc(N)no1. The number of methoxy groups -OCH3 is 1. The van der Waals surface area contributed by atoms with Gasteiger partial charge in [0, 0.05) is 13.7 Å². The molecule has 7 nitrogen and oxygen atoms in total. The Kier molecular flexibility index (Phi) is 3.21. The van der Waals surface area contributed by atoms with Gasteiger partial charge in [-0.05, 0) is 5.16 Å². The van der Waals surface area contributed by atoms with Crippen LogP contribution in [-0.2, 0) is 4.74 Å². The van der Waals surface area contributed by atoms with Crippen molar-refractivity contribution in [3.8, 4) is 0 Å². The first-order valence-corrected chi connectivity index (χ1v) is 3.60. The van der Waals surface area contributed by atoms with E-state index in [9.17, 15) is 4.79 Å². The average Bonchev–Trinajstić information content (AvgIpc) is 2.52. The molecule has 0 atom stereocenters. The van der Waals surface area contributed by atoms with E-state index in [-0.39, 0.29) is 11.8 Å². The van der Waals surface area contributed by atoms with Crippen molar-refractivity contribution in [3.63, 3.8) is 0 Å². The number of nitrogen functional groups attached to an aromatic ring is 1. The smallest absolute Gasteiger partial charge is 0.317 e. The van der Waals surface area contributed by atoms with Gasteiger partial charge in [0.1, 0.15) is 0 Å². The van der Waals surface area contributed by atoms with Crippen LogP contribution in [0.5, 0.6) is 0 Å². The minimum atomic E-state index is -0.457. The van der Waals surface area contributed by atoms with E-state index in [0.717, 1.165) is 0 Å². The Hall–Kier alpha value is -1.63. The first-order chi connectivity index (χ1) is 6.24. The molecule has 13 heavy (non-hydrogen) atoms. The van der Waals surface area contributed by atoms with Crippen LogP contribution in [0.15, 0.2) is 4.52 Å². The van der Waals surface area contributed by atoms with Gasteiger partial charge in [0.05, 0.1) is 6.61 Å². The van der Waals surface area contributed by atoms with Gasteiger partial charge in [-0.1, -0.05) is 0 Å². The lowest BCUT2D eigenvalue weighted by atomic mass is 10.5. The number of aromatic nitrogens is 2. The Morgan fingerprint density at radius 1 is 1.77 bits per heavy atom. The monoisotopic (exact) mass is 186 g/mol. The third kappa shape index (κ3) is 2.71.